The SMILES string of the molecule is CCCCCCCC/C=C\CCCCCCCCCCCC(=O)OCC(COCCCCCCCCCC/C=C\CCCCCCCC)OC(=O)CCCCCCCCCCC. The Hall–Kier alpha value is -1.62. The van der Waals surface area contributed by atoms with Gasteiger partial charge in [0, 0.05) is 19.4 Å². The van der Waals surface area contributed by atoms with Crippen molar-refractivity contribution in [3.63, 3.8) is 0 Å². The molecule has 1 atom stereocenters. The van der Waals surface area contributed by atoms with Gasteiger partial charge in [0.25, 0.3) is 0 Å². The Morgan fingerprint density at radius 3 is 0.984 bits per heavy atom. The topological polar surface area (TPSA) is 61.8 Å². The minimum Gasteiger partial charge on any atom is -0.462 e. The third-order valence-corrected chi connectivity index (χ3v) is 12.5. The monoisotopic (exact) mass is 873 g/mol. The standard InChI is InChI=1S/C57H108O5/c1-4-7-10-13-16-19-21-23-25-27-29-30-32-34-36-39-41-44-47-50-56(58)61-54-55(62-57(59)51-48-45-42-38-18-15-12-9-6-3)53-60-52-49-46-43-40-37-35-33-31-28-26-24-22-20-17-14-11-8-5-2/h23-26,55H,4-22,27-54H2,1-3H3/b25-23-,26-24-. The largest absolute Gasteiger partial charge is 0.462 e. The lowest BCUT2D eigenvalue weighted by Gasteiger charge is -2.18. The van der Waals surface area contributed by atoms with Gasteiger partial charge in [-0.15, -0.1) is 0 Å². The van der Waals surface area contributed by atoms with Gasteiger partial charge in [-0.05, 0) is 70.6 Å². The summed E-state index contributed by atoms with van der Waals surface area (Å²) in [6.07, 6.45) is 63.4. The van der Waals surface area contributed by atoms with Crippen molar-refractivity contribution in [1.82, 2.24) is 0 Å². The quantitative estimate of drug-likeness (QED) is 0.0346. The molecule has 0 aromatic rings. The number of rotatable bonds is 52. The first-order chi connectivity index (χ1) is 30.6. The van der Waals surface area contributed by atoms with Crippen LogP contribution in [-0.4, -0.2) is 37.9 Å². The number of carbonyl (C=O) groups is 2. The fourth-order valence-electron chi connectivity index (χ4n) is 8.27. The van der Waals surface area contributed by atoms with Gasteiger partial charge in [0.05, 0.1) is 6.61 Å². The van der Waals surface area contributed by atoms with Gasteiger partial charge in [-0.25, -0.2) is 0 Å². The lowest BCUT2D eigenvalue weighted by atomic mass is 10.1. The average molecular weight is 873 g/mol. The van der Waals surface area contributed by atoms with Gasteiger partial charge in [0.15, 0.2) is 6.10 Å². The molecule has 0 radical (unpaired) electrons. The molecular formula is C57H108O5. The van der Waals surface area contributed by atoms with Crippen LogP contribution in [0.15, 0.2) is 24.3 Å². The van der Waals surface area contributed by atoms with E-state index < -0.39 is 6.10 Å². The Labute approximate surface area is 387 Å². The van der Waals surface area contributed by atoms with Crippen molar-refractivity contribution < 1.29 is 23.8 Å². The van der Waals surface area contributed by atoms with Crippen LogP contribution in [0.3, 0.4) is 0 Å². The van der Waals surface area contributed by atoms with Crippen molar-refractivity contribution in [3.8, 4) is 0 Å². The first kappa shape index (κ1) is 60.4. The Kier molecular flexibility index (Phi) is 52.3. The van der Waals surface area contributed by atoms with E-state index in [4.69, 9.17) is 14.2 Å². The van der Waals surface area contributed by atoms with Crippen LogP contribution in [0.5, 0.6) is 0 Å². The number of hydrogen-bond acceptors (Lipinski definition) is 5. The zero-order valence-electron chi connectivity index (χ0n) is 42.2. The Bertz CT molecular complexity index is 943. The van der Waals surface area contributed by atoms with E-state index in [1.165, 1.54) is 231 Å². The van der Waals surface area contributed by atoms with E-state index in [2.05, 4.69) is 45.1 Å². The molecule has 0 aliphatic carbocycles. The fourth-order valence-corrected chi connectivity index (χ4v) is 8.27. The fraction of sp³-hybridized carbons (Fsp3) is 0.895. The minimum absolute atomic E-state index is 0.0895. The van der Waals surface area contributed by atoms with Crippen LogP contribution in [0.1, 0.15) is 303 Å². The summed E-state index contributed by atoms with van der Waals surface area (Å²) in [5.41, 5.74) is 0. The third kappa shape index (κ3) is 51.0. The predicted octanol–water partition coefficient (Wildman–Crippen LogP) is 18.8. The van der Waals surface area contributed by atoms with Crippen LogP contribution in [0.2, 0.25) is 0 Å². The molecule has 0 aromatic heterocycles. The second kappa shape index (κ2) is 53.7. The van der Waals surface area contributed by atoms with E-state index >= 15 is 0 Å². The highest BCUT2D eigenvalue weighted by molar-refractivity contribution is 5.70. The Balaban J connectivity index is 4.12. The highest BCUT2D eigenvalue weighted by Crippen LogP contribution is 2.16. The molecule has 0 aromatic carbocycles. The molecule has 0 N–H and O–H groups in total. The molecule has 0 saturated heterocycles. The number of carbonyl (C=O) groups excluding carboxylic acids is 2. The first-order valence-electron chi connectivity index (χ1n) is 27.9. The third-order valence-electron chi connectivity index (χ3n) is 12.5. The summed E-state index contributed by atoms with van der Waals surface area (Å²) in [5, 5.41) is 0. The smallest absolute Gasteiger partial charge is 0.306 e. The summed E-state index contributed by atoms with van der Waals surface area (Å²) in [6.45, 7) is 7.85. The van der Waals surface area contributed by atoms with Crippen molar-refractivity contribution in [2.45, 2.75) is 309 Å². The Morgan fingerprint density at radius 1 is 0.339 bits per heavy atom. The highest BCUT2D eigenvalue weighted by Gasteiger charge is 2.17. The van der Waals surface area contributed by atoms with E-state index in [1.807, 2.05) is 0 Å². The van der Waals surface area contributed by atoms with E-state index in [1.54, 1.807) is 0 Å². The minimum atomic E-state index is -0.531. The van der Waals surface area contributed by atoms with E-state index in [0.717, 1.165) is 38.5 Å². The molecule has 0 fully saturated rings. The molecule has 366 valence electrons. The maximum absolute atomic E-state index is 12.8. The van der Waals surface area contributed by atoms with Crippen molar-refractivity contribution in [2.24, 2.45) is 0 Å². The summed E-state index contributed by atoms with van der Waals surface area (Å²) >= 11 is 0. The maximum atomic E-state index is 12.8. The second-order valence-electron chi connectivity index (χ2n) is 18.8. The van der Waals surface area contributed by atoms with Gasteiger partial charge in [-0.3, -0.25) is 9.59 Å². The summed E-state index contributed by atoms with van der Waals surface area (Å²) in [5.74, 6) is -0.386. The lowest BCUT2D eigenvalue weighted by molar-refractivity contribution is -0.163. The van der Waals surface area contributed by atoms with E-state index in [9.17, 15) is 9.59 Å². The molecule has 0 spiro atoms. The molecule has 5 heteroatoms. The molecular weight excluding hydrogens is 765 g/mol. The molecule has 0 aliphatic rings. The van der Waals surface area contributed by atoms with Crippen molar-refractivity contribution in [3.05, 3.63) is 24.3 Å². The van der Waals surface area contributed by atoms with E-state index in [0.29, 0.717) is 26.1 Å². The summed E-state index contributed by atoms with van der Waals surface area (Å²) in [7, 11) is 0. The number of hydrogen-bond donors (Lipinski definition) is 0. The van der Waals surface area contributed by atoms with Gasteiger partial charge in [0.1, 0.15) is 6.61 Å². The summed E-state index contributed by atoms with van der Waals surface area (Å²) < 4.78 is 17.4. The molecule has 62 heavy (non-hydrogen) atoms. The summed E-state index contributed by atoms with van der Waals surface area (Å²) in [4.78, 5) is 25.4. The first-order valence-corrected chi connectivity index (χ1v) is 27.9. The molecule has 0 amide bonds. The normalized spacial score (nSPS) is 12.2. The van der Waals surface area contributed by atoms with Crippen LogP contribution in [-0.2, 0) is 23.8 Å². The van der Waals surface area contributed by atoms with Crippen molar-refractivity contribution >= 4 is 11.9 Å². The van der Waals surface area contributed by atoms with Crippen molar-refractivity contribution in [1.29, 1.82) is 0 Å². The van der Waals surface area contributed by atoms with E-state index in [-0.39, 0.29) is 18.5 Å². The van der Waals surface area contributed by atoms with Crippen LogP contribution in [0.4, 0.5) is 0 Å². The molecule has 0 heterocycles. The van der Waals surface area contributed by atoms with Gasteiger partial charge < -0.3 is 14.2 Å². The molecule has 5 nitrogen and oxygen atoms in total. The van der Waals surface area contributed by atoms with Gasteiger partial charge >= 0.3 is 11.9 Å². The van der Waals surface area contributed by atoms with Crippen molar-refractivity contribution in [2.75, 3.05) is 19.8 Å². The zero-order valence-corrected chi connectivity index (χ0v) is 42.2. The molecule has 0 saturated carbocycles. The summed E-state index contributed by atoms with van der Waals surface area (Å²) in [6, 6.07) is 0. The van der Waals surface area contributed by atoms with Gasteiger partial charge in [-0.1, -0.05) is 244 Å². The molecule has 1 unspecified atom stereocenters. The van der Waals surface area contributed by atoms with Crippen LogP contribution in [0, 0.1) is 0 Å². The number of allylic oxidation sites excluding steroid dienone is 4. The number of unbranched alkanes of at least 4 members (excludes halogenated alkanes) is 37. The lowest BCUT2D eigenvalue weighted by Crippen LogP contribution is -2.30. The number of ether oxygens (including phenoxy) is 3. The Morgan fingerprint density at radius 2 is 0.629 bits per heavy atom. The van der Waals surface area contributed by atoms with Crippen LogP contribution < -0.4 is 0 Å². The van der Waals surface area contributed by atoms with Crippen LogP contribution >= 0.6 is 0 Å². The molecule has 0 aliphatic heterocycles. The molecule has 0 bridgehead atoms. The second-order valence-corrected chi connectivity index (χ2v) is 18.8. The van der Waals surface area contributed by atoms with Gasteiger partial charge in [-0.2, -0.15) is 0 Å². The average Bonchev–Trinajstić information content (AvgIpc) is 3.27. The predicted molar refractivity (Wildman–Crippen MR) is 270 cm³/mol. The number of esters is 2. The maximum Gasteiger partial charge on any atom is 0.306 e. The molecule has 0 rings (SSSR count). The van der Waals surface area contributed by atoms with Crippen LogP contribution in [0.25, 0.3) is 0 Å². The van der Waals surface area contributed by atoms with Gasteiger partial charge in [0.2, 0.25) is 0 Å². The highest BCUT2D eigenvalue weighted by atomic mass is 16.6. The zero-order chi connectivity index (χ0) is 44.9.